The van der Waals surface area contributed by atoms with E-state index < -0.39 is 43.2 Å². The molecule has 6 nitrogen and oxygen atoms in total. The van der Waals surface area contributed by atoms with Gasteiger partial charge in [-0.1, -0.05) is 18.2 Å². The zero-order valence-electron chi connectivity index (χ0n) is 11.0. The van der Waals surface area contributed by atoms with Gasteiger partial charge in [0.25, 0.3) is 0 Å². The number of ether oxygens (including phenoxy) is 1. The van der Waals surface area contributed by atoms with Gasteiger partial charge in [0.1, 0.15) is 24.4 Å². The summed E-state index contributed by atoms with van der Waals surface area (Å²) < 4.78 is 20.7. The van der Waals surface area contributed by atoms with Crippen LogP contribution in [0.1, 0.15) is 6.23 Å². The Morgan fingerprint density at radius 2 is 1.81 bits per heavy atom. The maximum atomic E-state index is 14.2. The van der Waals surface area contributed by atoms with Gasteiger partial charge in [-0.3, -0.25) is 4.57 Å². The zero-order chi connectivity index (χ0) is 15.1. The molecule has 5 atom stereocenters. The quantitative estimate of drug-likeness (QED) is 0.613. The molecule has 1 aromatic heterocycles. The molecular formula is C14H16FNO5. The smallest absolute Gasteiger partial charge is 0.196 e. The van der Waals surface area contributed by atoms with E-state index in [2.05, 4.69) is 0 Å². The fourth-order valence-electron chi connectivity index (χ4n) is 2.70. The van der Waals surface area contributed by atoms with Crippen molar-refractivity contribution in [2.24, 2.45) is 0 Å². The first kappa shape index (κ1) is 14.4. The molecular weight excluding hydrogens is 281 g/mol. The third-order valence-electron chi connectivity index (χ3n) is 3.82. The lowest BCUT2D eigenvalue weighted by Crippen LogP contribution is -2.56. The summed E-state index contributed by atoms with van der Waals surface area (Å²) in [5, 5.41) is 39.4. The lowest BCUT2D eigenvalue weighted by molar-refractivity contribution is -0.251. The molecule has 7 heteroatoms. The molecule has 3 rings (SSSR count). The first-order valence-electron chi connectivity index (χ1n) is 6.60. The summed E-state index contributed by atoms with van der Waals surface area (Å²) in [6.45, 7) is -0.553. The van der Waals surface area contributed by atoms with Crippen molar-refractivity contribution in [3.8, 4) is 0 Å². The molecule has 1 fully saturated rings. The van der Waals surface area contributed by atoms with Crippen LogP contribution in [0.15, 0.2) is 30.3 Å². The maximum Gasteiger partial charge on any atom is 0.196 e. The number of benzene rings is 1. The summed E-state index contributed by atoms with van der Waals surface area (Å²) in [6, 6.07) is 8.11. The molecule has 0 amide bonds. The van der Waals surface area contributed by atoms with E-state index in [1.165, 1.54) is 6.07 Å². The van der Waals surface area contributed by atoms with Gasteiger partial charge in [0.2, 0.25) is 0 Å². The molecule has 0 saturated carbocycles. The Morgan fingerprint density at radius 1 is 1.10 bits per heavy atom. The summed E-state index contributed by atoms with van der Waals surface area (Å²) in [7, 11) is 0. The number of rotatable bonds is 2. The summed E-state index contributed by atoms with van der Waals surface area (Å²) in [5.74, 6) is -0.638. The van der Waals surface area contributed by atoms with Crippen LogP contribution in [-0.4, -0.2) is 56.0 Å². The van der Waals surface area contributed by atoms with Crippen LogP contribution in [0.5, 0.6) is 0 Å². The molecule has 0 bridgehead atoms. The Balaban J connectivity index is 2.06. The Kier molecular flexibility index (Phi) is 3.68. The van der Waals surface area contributed by atoms with Crippen molar-refractivity contribution in [2.75, 3.05) is 6.61 Å². The van der Waals surface area contributed by atoms with Crippen molar-refractivity contribution in [3.05, 3.63) is 36.3 Å². The fourth-order valence-corrected chi connectivity index (χ4v) is 2.70. The van der Waals surface area contributed by atoms with Gasteiger partial charge in [-0.2, -0.15) is 4.39 Å². The number of aromatic nitrogens is 1. The molecule has 21 heavy (non-hydrogen) atoms. The van der Waals surface area contributed by atoms with Crippen molar-refractivity contribution in [2.45, 2.75) is 30.6 Å². The Bertz CT molecular complexity index is 643. The van der Waals surface area contributed by atoms with Crippen molar-refractivity contribution in [1.82, 2.24) is 4.57 Å². The molecule has 1 aliphatic rings. The molecule has 2 heterocycles. The van der Waals surface area contributed by atoms with Crippen LogP contribution in [0, 0.1) is 5.95 Å². The monoisotopic (exact) mass is 297 g/mol. The predicted molar refractivity (Wildman–Crippen MR) is 70.9 cm³/mol. The van der Waals surface area contributed by atoms with E-state index in [0.29, 0.717) is 10.9 Å². The standard InChI is InChI=1S/C14H16FNO5/c15-10-5-7-3-1-2-4-8(7)16(10)14-13(20)12(19)11(18)9(6-17)21-14/h1-5,9,11-14,17-20H,6H2/t9-,11-,12+,13-,14-/m1/s1. The van der Waals surface area contributed by atoms with E-state index >= 15 is 0 Å². The van der Waals surface area contributed by atoms with E-state index in [4.69, 9.17) is 4.74 Å². The first-order valence-corrected chi connectivity index (χ1v) is 6.60. The van der Waals surface area contributed by atoms with Gasteiger partial charge in [-0.15, -0.1) is 0 Å². The number of fused-ring (bicyclic) bond motifs is 1. The largest absolute Gasteiger partial charge is 0.394 e. The number of halogens is 1. The van der Waals surface area contributed by atoms with E-state index in [9.17, 15) is 24.8 Å². The van der Waals surface area contributed by atoms with Gasteiger partial charge >= 0.3 is 0 Å². The van der Waals surface area contributed by atoms with Gasteiger partial charge in [0, 0.05) is 11.5 Å². The summed E-state index contributed by atoms with van der Waals surface area (Å²) in [5.41, 5.74) is 0.485. The third-order valence-corrected chi connectivity index (χ3v) is 3.82. The molecule has 1 aliphatic heterocycles. The van der Waals surface area contributed by atoms with Crippen LogP contribution in [0.25, 0.3) is 10.9 Å². The second kappa shape index (κ2) is 5.36. The van der Waals surface area contributed by atoms with Gasteiger partial charge in [-0.05, 0) is 6.07 Å². The lowest BCUT2D eigenvalue weighted by Gasteiger charge is -2.40. The van der Waals surface area contributed by atoms with Gasteiger partial charge in [0.05, 0.1) is 12.1 Å². The molecule has 0 unspecified atom stereocenters. The van der Waals surface area contributed by atoms with Gasteiger partial charge in [-0.25, -0.2) is 0 Å². The molecule has 0 spiro atoms. The lowest BCUT2D eigenvalue weighted by atomic mass is 9.98. The maximum absolute atomic E-state index is 14.2. The van der Waals surface area contributed by atoms with Gasteiger partial charge < -0.3 is 25.2 Å². The molecule has 0 aliphatic carbocycles. The van der Waals surface area contributed by atoms with Crippen LogP contribution < -0.4 is 0 Å². The van der Waals surface area contributed by atoms with Crippen LogP contribution in [0.4, 0.5) is 4.39 Å². The van der Waals surface area contributed by atoms with Crippen molar-refractivity contribution in [3.63, 3.8) is 0 Å². The predicted octanol–water partition coefficient (Wildman–Crippen LogP) is -0.247. The number of aliphatic hydroxyl groups excluding tert-OH is 4. The minimum absolute atomic E-state index is 0.485. The molecule has 114 valence electrons. The molecule has 4 N–H and O–H groups in total. The fraction of sp³-hybridized carbons (Fsp3) is 0.429. The van der Waals surface area contributed by atoms with Crippen LogP contribution in [-0.2, 0) is 4.74 Å². The number of nitrogens with zero attached hydrogens (tertiary/aromatic N) is 1. The average molecular weight is 297 g/mol. The number of hydrogen-bond donors (Lipinski definition) is 4. The average Bonchev–Trinajstić information content (AvgIpc) is 2.81. The summed E-state index contributed by atoms with van der Waals surface area (Å²) in [6.07, 6.45) is -6.84. The van der Waals surface area contributed by atoms with E-state index in [1.54, 1.807) is 24.3 Å². The Labute approximate surface area is 119 Å². The van der Waals surface area contributed by atoms with E-state index in [0.717, 1.165) is 4.57 Å². The highest BCUT2D eigenvalue weighted by Crippen LogP contribution is 2.32. The SMILES string of the molecule is OC[C@H]1O[C@@H](n2c(F)cc3ccccc32)[C@H](O)[C@@H](O)[C@@H]1O. The van der Waals surface area contributed by atoms with E-state index in [1.807, 2.05) is 0 Å². The van der Waals surface area contributed by atoms with Crippen LogP contribution in [0.3, 0.4) is 0 Å². The highest BCUT2D eigenvalue weighted by Gasteiger charge is 2.45. The molecule has 1 saturated heterocycles. The number of hydrogen-bond acceptors (Lipinski definition) is 5. The first-order chi connectivity index (χ1) is 10.0. The number of aliphatic hydroxyl groups is 4. The van der Waals surface area contributed by atoms with Crippen LogP contribution >= 0.6 is 0 Å². The zero-order valence-corrected chi connectivity index (χ0v) is 11.0. The van der Waals surface area contributed by atoms with E-state index in [-0.39, 0.29) is 0 Å². The third kappa shape index (κ3) is 2.23. The van der Waals surface area contributed by atoms with Crippen molar-refractivity contribution < 1.29 is 29.6 Å². The molecule has 0 radical (unpaired) electrons. The normalized spacial score (nSPS) is 33.5. The molecule has 2 aromatic rings. The van der Waals surface area contributed by atoms with Crippen molar-refractivity contribution in [1.29, 1.82) is 0 Å². The second-order valence-corrected chi connectivity index (χ2v) is 5.12. The van der Waals surface area contributed by atoms with Gasteiger partial charge in [0.15, 0.2) is 12.2 Å². The summed E-state index contributed by atoms with van der Waals surface area (Å²) >= 11 is 0. The topological polar surface area (TPSA) is 95.1 Å². The Morgan fingerprint density at radius 3 is 2.52 bits per heavy atom. The summed E-state index contributed by atoms with van der Waals surface area (Å²) in [4.78, 5) is 0. The molecule has 1 aromatic carbocycles. The minimum atomic E-state index is -1.54. The second-order valence-electron chi connectivity index (χ2n) is 5.12. The number of para-hydroxylation sites is 1. The van der Waals surface area contributed by atoms with Crippen molar-refractivity contribution >= 4 is 10.9 Å². The van der Waals surface area contributed by atoms with Crippen LogP contribution in [0.2, 0.25) is 0 Å². The highest BCUT2D eigenvalue weighted by molar-refractivity contribution is 5.80. The minimum Gasteiger partial charge on any atom is -0.394 e. The Hall–Kier alpha value is -1.51. The highest BCUT2D eigenvalue weighted by atomic mass is 19.1.